The fourth-order valence-electron chi connectivity index (χ4n) is 2.30. The Morgan fingerprint density at radius 1 is 1.33 bits per heavy atom. The molecule has 0 aliphatic rings. The summed E-state index contributed by atoms with van der Waals surface area (Å²) in [5.41, 5.74) is 6.62. The minimum atomic E-state index is -0.108. The number of nitrogens with two attached hydrogens (primary N) is 1. The third-order valence-corrected chi connectivity index (χ3v) is 4.12. The third kappa shape index (κ3) is 5.38. The van der Waals surface area contributed by atoms with Crippen molar-refractivity contribution in [3.8, 4) is 0 Å². The number of nitrogens with one attached hydrogen (secondary N) is 1. The van der Waals surface area contributed by atoms with Crippen molar-refractivity contribution in [1.29, 1.82) is 0 Å². The molecule has 0 spiro atoms. The van der Waals surface area contributed by atoms with Crippen molar-refractivity contribution < 1.29 is 4.79 Å². The van der Waals surface area contributed by atoms with Crippen LogP contribution in [0, 0.1) is 0 Å². The second-order valence-corrected chi connectivity index (χ2v) is 5.94. The number of amides is 1. The number of rotatable bonds is 7. The van der Waals surface area contributed by atoms with Crippen LogP contribution in [-0.4, -0.2) is 30.4 Å². The molecule has 0 aromatic heterocycles. The van der Waals surface area contributed by atoms with E-state index in [2.05, 4.69) is 24.1 Å². The predicted molar refractivity (Wildman–Crippen MR) is 91.1 cm³/mol. The molecule has 3 N–H and O–H groups in total. The number of carbonyl (C=O) groups excluding carboxylic acids is 1. The number of carbonyl (C=O) groups is 1. The molecule has 1 amide bonds. The van der Waals surface area contributed by atoms with E-state index in [4.69, 9.17) is 28.9 Å². The van der Waals surface area contributed by atoms with Crippen molar-refractivity contribution in [2.75, 3.05) is 24.6 Å². The average Bonchev–Trinajstić information content (AvgIpc) is 2.42. The van der Waals surface area contributed by atoms with Crippen LogP contribution in [0.5, 0.6) is 0 Å². The Morgan fingerprint density at radius 3 is 2.48 bits per heavy atom. The van der Waals surface area contributed by atoms with E-state index >= 15 is 0 Å². The second-order valence-electron chi connectivity index (χ2n) is 5.10. The summed E-state index contributed by atoms with van der Waals surface area (Å²) in [6, 6.07) is 3.63. The summed E-state index contributed by atoms with van der Waals surface area (Å²) >= 11 is 11.9. The van der Waals surface area contributed by atoms with Gasteiger partial charge in [-0.2, -0.15) is 0 Å². The van der Waals surface area contributed by atoms with Gasteiger partial charge in [-0.1, -0.05) is 37.0 Å². The number of benzene rings is 1. The highest BCUT2D eigenvalue weighted by Crippen LogP contribution is 2.32. The minimum absolute atomic E-state index is 0.108. The van der Waals surface area contributed by atoms with Gasteiger partial charge in [-0.3, -0.25) is 4.79 Å². The van der Waals surface area contributed by atoms with Gasteiger partial charge in [-0.25, -0.2) is 0 Å². The van der Waals surface area contributed by atoms with Crippen LogP contribution in [0.1, 0.15) is 33.1 Å². The highest BCUT2D eigenvalue weighted by atomic mass is 35.5. The Bertz CT molecular complexity index is 467. The lowest BCUT2D eigenvalue weighted by Gasteiger charge is -2.25. The lowest BCUT2D eigenvalue weighted by atomic mass is 10.1. The quantitative estimate of drug-likeness (QED) is 0.741. The third-order valence-electron chi connectivity index (χ3n) is 3.61. The van der Waals surface area contributed by atoms with Gasteiger partial charge in [0.05, 0.1) is 16.4 Å². The predicted octanol–water partition coefficient (Wildman–Crippen LogP) is 4.02. The number of nitrogen functional groups attached to an aromatic ring is 1. The van der Waals surface area contributed by atoms with Gasteiger partial charge in [0.15, 0.2) is 0 Å². The molecule has 4 nitrogen and oxygen atoms in total. The van der Waals surface area contributed by atoms with Crippen LogP contribution in [0.25, 0.3) is 0 Å². The first kappa shape index (κ1) is 18.1. The average molecular weight is 332 g/mol. The lowest BCUT2D eigenvalue weighted by Crippen LogP contribution is -2.33. The molecular weight excluding hydrogens is 309 g/mol. The fourth-order valence-corrected chi connectivity index (χ4v) is 2.86. The second kappa shape index (κ2) is 8.47. The van der Waals surface area contributed by atoms with E-state index in [0.29, 0.717) is 40.4 Å². The molecule has 0 unspecified atom stereocenters. The van der Waals surface area contributed by atoms with E-state index in [0.717, 1.165) is 12.8 Å². The molecule has 1 aromatic rings. The van der Waals surface area contributed by atoms with Gasteiger partial charge in [0.1, 0.15) is 0 Å². The van der Waals surface area contributed by atoms with Gasteiger partial charge in [-0.15, -0.1) is 0 Å². The number of anilines is 2. The summed E-state index contributed by atoms with van der Waals surface area (Å²) in [4.78, 5) is 14.2. The zero-order chi connectivity index (χ0) is 16.0. The van der Waals surface area contributed by atoms with Crippen LogP contribution in [0.15, 0.2) is 12.1 Å². The van der Waals surface area contributed by atoms with Crippen LogP contribution in [0.4, 0.5) is 11.4 Å². The topological polar surface area (TPSA) is 58.4 Å². The molecule has 118 valence electrons. The number of nitrogens with zero attached hydrogens (tertiary/aromatic N) is 1. The standard InChI is InChI=1S/C15H23Cl2N3O/c1-4-11(5-2)20(3)7-6-14(21)19-15-12(17)8-10(16)9-13(15)18/h8-9,11H,4-7,18H2,1-3H3,(H,19,21). The Hall–Kier alpha value is -0.970. The highest BCUT2D eigenvalue weighted by Gasteiger charge is 2.14. The molecule has 0 fully saturated rings. The summed E-state index contributed by atoms with van der Waals surface area (Å²) in [7, 11) is 2.04. The maximum absolute atomic E-state index is 12.0. The normalized spacial score (nSPS) is 11.2. The van der Waals surface area contributed by atoms with Crippen molar-refractivity contribution in [2.24, 2.45) is 0 Å². The Labute approximate surface area is 136 Å². The first-order chi connectivity index (χ1) is 9.88. The molecule has 1 rings (SSSR count). The zero-order valence-electron chi connectivity index (χ0n) is 12.7. The first-order valence-corrected chi connectivity index (χ1v) is 7.89. The Morgan fingerprint density at radius 2 is 1.95 bits per heavy atom. The van der Waals surface area contributed by atoms with Gasteiger partial charge < -0.3 is 16.0 Å². The lowest BCUT2D eigenvalue weighted by molar-refractivity contribution is -0.116. The first-order valence-electron chi connectivity index (χ1n) is 7.13. The highest BCUT2D eigenvalue weighted by molar-refractivity contribution is 6.37. The van der Waals surface area contributed by atoms with Crippen molar-refractivity contribution in [3.05, 3.63) is 22.2 Å². The molecule has 0 aliphatic carbocycles. The number of hydrogen-bond donors (Lipinski definition) is 2. The van der Waals surface area contributed by atoms with Gasteiger partial charge in [0.2, 0.25) is 5.91 Å². The molecular formula is C15H23Cl2N3O. The Kier molecular flexibility index (Phi) is 7.29. The van der Waals surface area contributed by atoms with Crippen molar-refractivity contribution >= 4 is 40.5 Å². The summed E-state index contributed by atoms with van der Waals surface area (Å²) in [5, 5.41) is 3.55. The largest absolute Gasteiger partial charge is 0.397 e. The molecule has 0 saturated carbocycles. The van der Waals surface area contributed by atoms with Crippen LogP contribution in [-0.2, 0) is 4.79 Å². The van der Waals surface area contributed by atoms with Crippen molar-refractivity contribution in [3.63, 3.8) is 0 Å². The molecule has 0 aliphatic heterocycles. The fraction of sp³-hybridized carbons (Fsp3) is 0.533. The summed E-state index contributed by atoms with van der Waals surface area (Å²) < 4.78 is 0. The maximum Gasteiger partial charge on any atom is 0.225 e. The van der Waals surface area contributed by atoms with E-state index < -0.39 is 0 Å². The molecule has 0 saturated heterocycles. The SMILES string of the molecule is CCC(CC)N(C)CCC(=O)Nc1c(N)cc(Cl)cc1Cl. The van der Waals surface area contributed by atoms with Crippen LogP contribution < -0.4 is 11.1 Å². The van der Waals surface area contributed by atoms with Crippen LogP contribution in [0.3, 0.4) is 0 Å². The van der Waals surface area contributed by atoms with Gasteiger partial charge >= 0.3 is 0 Å². The minimum Gasteiger partial charge on any atom is -0.397 e. The zero-order valence-corrected chi connectivity index (χ0v) is 14.3. The molecule has 0 heterocycles. The molecule has 0 atom stereocenters. The van der Waals surface area contributed by atoms with Gasteiger partial charge in [0, 0.05) is 24.0 Å². The van der Waals surface area contributed by atoms with Crippen molar-refractivity contribution in [2.45, 2.75) is 39.2 Å². The molecule has 1 aromatic carbocycles. The molecule has 6 heteroatoms. The molecule has 21 heavy (non-hydrogen) atoms. The van der Waals surface area contributed by atoms with Crippen LogP contribution >= 0.6 is 23.2 Å². The van der Waals surface area contributed by atoms with Crippen molar-refractivity contribution in [1.82, 2.24) is 4.90 Å². The number of hydrogen-bond acceptors (Lipinski definition) is 3. The maximum atomic E-state index is 12.0. The van der Waals surface area contributed by atoms with Gasteiger partial charge in [-0.05, 0) is 32.0 Å². The van der Waals surface area contributed by atoms with E-state index in [1.165, 1.54) is 0 Å². The number of halogens is 2. The van der Waals surface area contributed by atoms with E-state index in [9.17, 15) is 4.79 Å². The van der Waals surface area contributed by atoms with Crippen LogP contribution in [0.2, 0.25) is 10.0 Å². The van der Waals surface area contributed by atoms with E-state index in [1.54, 1.807) is 12.1 Å². The Balaban J connectivity index is 2.59. The summed E-state index contributed by atoms with van der Waals surface area (Å²) in [5.74, 6) is -0.108. The van der Waals surface area contributed by atoms with Gasteiger partial charge in [0.25, 0.3) is 0 Å². The van der Waals surface area contributed by atoms with E-state index in [1.807, 2.05) is 7.05 Å². The summed E-state index contributed by atoms with van der Waals surface area (Å²) in [6.07, 6.45) is 2.54. The molecule has 0 bridgehead atoms. The smallest absolute Gasteiger partial charge is 0.225 e. The molecule has 0 radical (unpaired) electrons. The van der Waals surface area contributed by atoms with E-state index in [-0.39, 0.29) is 5.91 Å². The monoisotopic (exact) mass is 331 g/mol. The summed E-state index contributed by atoms with van der Waals surface area (Å²) in [6.45, 7) is 5.00.